The van der Waals surface area contributed by atoms with Crippen molar-refractivity contribution in [3.63, 3.8) is 0 Å². The van der Waals surface area contributed by atoms with E-state index in [0.29, 0.717) is 11.0 Å². The molecule has 0 saturated heterocycles. The molecule has 1 aliphatic heterocycles. The zero-order chi connectivity index (χ0) is 28.2. The number of carbonyl (C=O) groups is 1. The third-order valence-corrected chi connectivity index (χ3v) is 3.74. The molecular weight excluding hydrogens is 399 g/mol. The van der Waals surface area contributed by atoms with Crippen molar-refractivity contribution in [3.8, 4) is 22.6 Å². The number of hydrogen-bond acceptors (Lipinski definition) is 5. The maximum atomic E-state index is 13.6. The van der Waals surface area contributed by atoms with Gasteiger partial charge >= 0.3 is 6.36 Å². The molecule has 0 fully saturated rings. The van der Waals surface area contributed by atoms with Gasteiger partial charge < -0.3 is 14.4 Å². The quantitative estimate of drug-likeness (QED) is 0.633. The predicted octanol–water partition coefficient (Wildman–Crippen LogP) is 4.08. The van der Waals surface area contributed by atoms with Gasteiger partial charge in [-0.15, -0.1) is 13.2 Å². The average molecular weight is 423 g/mol. The van der Waals surface area contributed by atoms with E-state index in [-0.39, 0.29) is 19.0 Å². The molecule has 9 heteroatoms. The van der Waals surface area contributed by atoms with Crippen LogP contribution >= 0.6 is 0 Å². The van der Waals surface area contributed by atoms with Crippen molar-refractivity contribution in [1.29, 1.82) is 0 Å². The highest BCUT2D eigenvalue weighted by atomic mass is 19.4. The zero-order valence-corrected chi connectivity index (χ0v) is 14.9. The van der Waals surface area contributed by atoms with Crippen LogP contribution < -0.4 is 9.47 Å². The second kappa shape index (κ2) is 8.02. The van der Waals surface area contributed by atoms with Crippen molar-refractivity contribution >= 4 is 5.91 Å². The first kappa shape index (κ1) is 12.2. The Hall–Kier alpha value is -3.62. The van der Waals surface area contributed by atoms with Crippen molar-refractivity contribution in [2.45, 2.75) is 12.9 Å². The van der Waals surface area contributed by atoms with Gasteiger partial charge in [-0.25, -0.2) is 9.97 Å². The molecule has 2 aromatic carbocycles. The first-order valence-electron chi connectivity index (χ1n) is 12.4. The Kier molecular flexibility index (Phi) is 3.25. The summed E-state index contributed by atoms with van der Waals surface area (Å²) in [7, 11) is 0. The summed E-state index contributed by atoms with van der Waals surface area (Å²) in [5.74, 6) is -3.28. The van der Waals surface area contributed by atoms with E-state index in [1.807, 2.05) is 0 Å². The van der Waals surface area contributed by atoms with Crippen molar-refractivity contribution in [3.05, 3.63) is 72.2 Å². The number of fused-ring (bicyclic) bond motifs is 1. The number of rotatable bonds is 4. The van der Waals surface area contributed by atoms with Gasteiger partial charge in [-0.3, -0.25) is 4.79 Å². The highest BCUT2D eigenvalue weighted by molar-refractivity contribution is 5.98. The SMILES string of the molecule is [2H]c1cc(-c2c([2H])c([2H])c3c(c2[2H])C(=O)N(C([2H])([2H])c2ncccn2)CCO3)c([2H])c([2H])c1OC(F)(F)F. The number of benzene rings is 2. The molecule has 0 N–H and O–H groups in total. The fraction of sp³-hybridized carbons (Fsp3) is 0.190. The molecule has 30 heavy (non-hydrogen) atoms. The first-order valence-corrected chi connectivity index (χ1v) is 8.39. The van der Waals surface area contributed by atoms with E-state index < -0.39 is 83.2 Å². The molecule has 0 saturated carbocycles. The van der Waals surface area contributed by atoms with Crippen molar-refractivity contribution in [1.82, 2.24) is 14.9 Å². The van der Waals surface area contributed by atoms with Crippen LogP contribution in [0.15, 0.2) is 60.8 Å². The second-order valence-corrected chi connectivity index (χ2v) is 5.77. The number of ether oxygens (including phenoxy) is 2. The standard InChI is InChI=1S/C21H16F3N3O3/c22-21(23,24)30-16-5-2-14(3-6-16)15-4-7-18-17(12-15)20(28)27(10-11-29-18)13-19-25-8-1-9-26-19/h1-9,12H,10-11,13H2/i2D,4D,5D,6D,7D,12D,13D2. The van der Waals surface area contributed by atoms with Gasteiger partial charge in [0.1, 0.15) is 23.9 Å². The number of hydrogen-bond donors (Lipinski definition) is 0. The summed E-state index contributed by atoms with van der Waals surface area (Å²) in [6.07, 6.45) is -2.74. The fourth-order valence-corrected chi connectivity index (χ4v) is 2.49. The van der Waals surface area contributed by atoms with Crippen LogP contribution in [0.4, 0.5) is 13.2 Å². The number of halogens is 3. The monoisotopic (exact) mass is 423 g/mol. The molecule has 4 rings (SSSR count). The molecule has 154 valence electrons. The Balaban J connectivity index is 1.93. The van der Waals surface area contributed by atoms with Crippen LogP contribution in [-0.4, -0.2) is 40.3 Å². The summed E-state index contributed by atoms with van der Waals surface area (Å²) in [6, 6.07) is -3.27. The molecule has 6 nitrogen and oxygen atoms in total. The van der Waals surface area contributed by atoms with Gasteiger partial charge in [-0.05, 0) is 41.4 Å². The Labute approximate surface area is 181 Å². The third kappa shape index (κ3) is 4.51. The predicted molar refractivity (Wildman–Crippen MR) is 101 cm³/mol. The molecule has 0 bridgehead atoms. The van der Waals surface area contributed by atoms with Crippen LogP contribution in [0.25, 0.3) is 11.1 Å². The minimum Gasteiger partial charge on any atom is -0.491 e. The molecule has 1 amide bonds. The summed E-state index contributed by atoms with van der Waals surface area (Å²) in [5, 5.41) is 0. The summed E-state index contributed by atoms with van der Waals surface area (Å²) in [5.41, 5.74) is -1.79. The van der Waals surface area contributed by atoms with Crippen LogP contribution in [0.5, 0.6) is 11.5 Å². The lowest BCUT2D eigenvalue weighted by Gasteiger charge is -2.19. The van der Waals surface area contributed by atoms with Crippen LogP contribution in [0.2, 0.25) is 0 Å². The minimum absolute atomic E-state index is 0.323. The Morgan fingerprint density at radius 2 is 1.93 bits per heavy atom. The highest BCUT2D eigenvalue weighted by Crippen LogP contribution is 2.31. The summed E-state index contributed by atoms with van der Waals surface area (Å²) in [4.78, 5) is 21.9. The highest BCUT2D eigenvalue weighted by Gasteiger charge is 2.31. The normalized spacial score (nSPS) is 18.2. The maximum Gasteiger partial charge on any atom is 0.573 e. The van der Waals surface area contributed by atoms with E-state index in [0.717, 1.165) is 0 Å². The molecule has 3 aromatic rings. The molecular formula is C21H16F3N3O3. The van der Waals surface area contributed by atoms with E-state index in [4.69, 9.17) is 15.7 Å². The number of carbonyl (C=O) groups excluding carboxylic acids is 1. The van der Waals surface area contributed by atoms with E-state index in [1.54, 1.807) is 0 Å². The Morgan fingerprint density at radius 1 is 1.17 bits per heavy atom. The van der Waals surface area contributed by atoms with Gasteiger partial charge in [-0.2, -0.15) is 0 Å². The molecule has 1 aliphatic rings. The van der Waals surface area contributed by atoms with Gasteiger partial charge in [-0.1, -0.05) is 18.2 Å². The minimum atomic E-state index is -5.26. The van der Waals surface area contributed by atoms with E-state index >= 15 is 0 Å². The van der Waals surface area contributed by atoms with Crippen molar-refractivity contribution in [2.24, 2.45) is 0 Å². The van der Waals surface area contributed by atoms with Gasteiger partial charge in [0.25, 0.3) is 5.91 Å². The lowest BCUT2D eigenvalue weighted by atomic mass is 10.0. The maximum absolute atomic E-state index is 13.6. The number of amides is 1. The zero-order valence-electron chi connectivity index (χ0n) is 22.9. The molecule has 0 spiro atoms. The van der Waals surface area contributed by atoms with Gasteiger partial charge in [0.15, 0.2) is 0 Å². The lowest BCUT2D eigenvalue weighted by molar-refractivity contribution is -0.274. The summed E-state index contributed by atoms with van der Waals surface area (Å²) >= 11 is 0. The van der Waals surface area contributed by atoms with Crippen LogP contribution in [0.3, 0.4) is 0 Å². The second-order valence-electron chi connectivity index (χ2n) is 5.77. The van der Waals surface area contributed by atoms with Crippen molar-refractivity contribution < 1.29 is 38.4 Å². The number of aromatic nitrogens is 2. The van der Waals surface area contributed by atoms with Gasteiger partial charge in [0.05, 0.1) is 29.6 Å². The molecule has 0 unspecified atom stereocenters. The van der Waals surface area contributed by atoms with E-state index in [1.165, 1.54) is 18.5 Å². The first-order chi connectivity index (χ1) is 17.7. The van der Waals surface area contributed by atoms with Crippen molar-refractivity contribution in [2.75, 3.05) is 13.2 Å². The Bertz CT molecular complexity index is 1440. The average Bonchev–Trinajstić information content (AvgIpc) is 3.03. The molecule has 0 radical (unpaired) electrons. The van der Waals surface area contributed by atoms with Crippen LogP contribution in [0, 0.1) is 0 Å². The largest absolute Gasteiger partial charge is 0.573 e. The lowest BCUT2D eigenvalue weighted by Crippen LogP contribution is -2.32. The Morgan fingerprint density at radius 3 is 2.70 bits per heavy atom. The van der Waals surface area contributed by atoms with Crippen LogP contribution in [-0.2, 0) is 6.50 Å². The molecule has 1 aromatic heterocycles. The third-order valence-electron chi connectivity index (χ3n) is 3.74. The van der Waals surface area contributed by atoms with E-state index in [2.05, 4.69) is 14.7 Å². The topological polar surface area (TPSA) is 64.6 Å². The van der Waals surface area contributed by atoms with E-state index in [9.17, 15) is 18.0 Å². The molecule has 0 aliphatic carbocycles. The van der Waals surface area contributed by atoms with Crippen LogP contribution in [0.1, 0.15) is 27.1 Å². The smallest absolute Gasteiger partial charge is 0.491 e. The number of nitrogens with zero attached hydrogens (tertiary/aromatic N) is 3. The number of alkyl halides is 3. The summed E-state index contributed by atoms with van der Waals surface area (Å²) in [6.45, 7) is -3.28. The van der Waals surface area contributed by atoms with Gasteiger partial charge in [0.2, 0.25) is 0 Å². The fourth-order valence-electron chi connectivity index (χ4n) is 2.49. The summed E-state index contributed by atoms with van der Waals surface area (Å²) < 4.78 is 114. The molecule has 0 atom stereocenters. The van der Waals surface area contributed by atoms with Gasteiger partial charge in [0, 0.05) is 12.4 Å². The molecule has 2 heterocycles.